The third kappa shape index (κ3) is 522. The summed E-state index contributed by atoms with van der Waals surface area (Å²) in [6.07, 6.45) is 0. The summed E-state index contributed by atoms with van der Waals surface area (Å²) in [4.78, 5) is 8.36. The molecule has 41 valence electrons. The van der Waals surface area contributed by atoms with Crippen LogP contribution in [0.5, 0.6) is 0 Å². The molecular formula is CH7MnNO2S. The van der Waals surface area contributed by atoms with Crippen molar-refractivity contribution in [1.82, 2.24) is 6.15 Å². The Morgan fingerprint density at radius 1 is 1.50 bits per heavy atom. The molecule has 0 saturated carbocycles. The molecule has 5 heteroatoms. The second kappa shape index (κ2) is 58.0. The summed E-state index contributed by atoms with van der Waals surface area (Å²) in [6.45, 7) is -0.250. The molecule has 0 bridgehead atoms. The third-order valence-electron chi connectivity index (χ3n) is 0. The predicted octanol–water partition coefficient (Wildman–Crippen LogP) is -0.0269. The second-order valence-corrected chi connectivity index (χ2v) is 0.105. The predicted molar refractivity (Wildman–Crippen MR) is 24.1 cm³/mol. The van der Waals surface area contributed by atoms with Crippen molar-refractivity contribution in [3.63, 3.8) is 0 Å². The number of hydrogen-bond acceptors (Lipinski definition) is 2. The summed E-state index contributed by atoms with van der Waals surface area (Å²) in [5, 5.41) is 6.89. The average Bonchev–Trinajstić information content (AvgIpc) is 0.918. The van der Waals surface area contributed by atoms with E-state index in [0.717, 1.165) is 0 Å². The molecule has 3 nitrogen and oxygen atoms in total. The number of carbonyl (C=O) groups is 1. The SMILES string of the molecule is N.O=CO.S.[Mn]. The van der Waals surface area contributed by atoms with Crippen LogP contribution in [0.1, 0.15) is 0 Å². The van der Waals surface area contributed by atoms with Gasteiger partial charge in [-0.2, -0.15) is 13.5 Å². The fraction of sp³-hybridized carbons (Fsp3) is 0. The minimum atomic E-state index is -0.250. The standard InChI is InChI=1S/CH2O2.Mn.H3N.H2S/c2-1-3;;;/h1H,(H,2,3);;1H3;1H2. The van der Waals surface area contributed by atoms with Gasteiger partial charge in [-0.1, -0.05) is 0 Å². The normalized spacial score (nSPS) is 2.00. The van der Waals surface area contributed by atoms with Crippen molar-refractivity contribution in [3.05, 3.63) is 0 Å². The monoisotopic (exact) mass is 152 g/mol. The molecule has 0 saturated heterocycles. The van der Waals surface area contributed by atoms with Gasteiger partial charge in [-0.05, 0) is 0 Å². The van der Waals surface area contributed by atoms with Crippen molar-refractivity contribution in [2.24, 2.45) is 0 Å². The van der Waals surface area contributed by atoms with Gasteiger partial charge in [-0.3, -0.25) is 4.79 Å². The molecule has 0 heterocycles. The molecule has 0 aromatic carbocycles. The van der Waals surface area contributed by atoms with E-state index >= 15 is 0 Å². The Balaban J connectivity index is -0.00000000667. The van der Waals surface area contributed by atoms with Gasteiger partial charge in [0.1, 0.15) is 0 Å². The summed E-state index contributed by atoms with van der Waals surface area (Å²) in [5.41, 5.74) is 0. The van der Waals surface area contributed by atoms with Gasteiger partial charge < -0.3 is 11.3 Å². The van der Waals surface area contributed by atoms with Crippen LogP contribution in [0, 0.1) is 0 Å². The Bertz CT molecular complexity index is 21.0. The Morgan fingerprint density at radius 2 is 1.50 bits per heavy atom. The van der Waals surface area contributed by atoms with Crippen molar-refractivity contribution in [2.45, 2.75) is 0 Å². The van der Waals surface area contributed by atoms with Crippen molar-refractivity contribution in [3.8, 4) is 0 Å². The molecule has 0 amide bonds. The zero-order chi connectivity index (χ0) is 2.71. The van der Waals surface area contributed by atoms with Crippen LogP contribution in [0.4, 0.5) is 0 Å². The Hall–Kier alpha value is 0.299. The van der Waals surface area contributed by atoms with E-state index in [1.54, 1.807) is 0 Å². The Morgan fingerprint density at radius 3 is 1.50 bits per heavy atom. The van der Waals surface area contributed by atoms with Crippen LogP contribution < -0.4 is 6.15 Å². The van der Waals surface area contributed by atoms with Gasteiger partial charge in [0.2, 0.25) is 0 Å². The van der Waals surface area contributed by atoms with Gasteiger partial charge in [-0.25, -0.2) is 0 Å². The molecule has 4 N–H and O–H groups in total. The van der Waals surface area contributed by atoms with Crippen LogP contribution in [0.2, 0.25) is 0 Å². The molecule has 0 unspecified atom stereocenters. The minimum Gasteiger partial charge on any atom is -0.483 e. The fourth-order valence-electron chi connectivity index (χ4n) is 0. The molecule has 0 aromatic heterocycles. The zero-order valence-corrected chi connectivity index (χ0v) is 5.20. The molecule has 0 fully saturated rings. The van der Waals surface area contributed by atoms with Gasteiger partial charge in [0, 0.05) is 17.1 Å². The Labute approximate surface area is 53.6 Å². The largest absolute Gasteiger partial charge is 0.483 e. The zero-order valence-electron chi connectivity index (χ0n) is 3.02. The maximum atomic E-state index is 8.36. The van der Waals surface area contributed by atoms with Crippen molar-refractivity contribution < 1.29 is 27.0 Å². The van der Waals surface area contributed by atoms with Gasteiger partial charge in [0.15, 0.2) is 0 Å². The van der Waals surface area contributed by atoms with Gasteiger partial charge in [-0.15, -0.1) is 0 Å². The first-order valence-electron chi connectivity index (χ1n) is 0.494. The van der Waals surface area contributed by atoms with Crippen LogP contribution in [-0.2, 0) is 21.9 Å². The van der Waals surface area contributed by atoms with Crippen LogP contribution in [-0.4, -0.2) is 11.6 Å². The Kier molecular flexibility index (Phi) is 324. The summed E-state index contributed by atoms with van der Waals surface area (Å²) in [5.74, 6) is 0. The van der Waals surface area contributed by atoms with E-state index in [9.17, 15) is 0 Å². The molecule has 0 aromatic rings. The van der Waals surface area contributed by atoms with Gasteiger partial charge in [0.25, 0.3) is 6.47 Å². The van der Waals surface area contributed by atoms with Gasteiger partial charge >= 0.3 is 0 Å². The summed E-state index contributed by atoms with van der Waals surface area (Å²) in [7, 11) is 0. The van der Waals surface area contributed by atoms with E-state index < -0.39 is 0 Å². The summed E-state index contributed by atoms with van der Waals surface area (Å²) in [6, 6.07) is 0. The van der Waals surface area contributed by atoms with Gasteiger partial charge in [0.05, 0.1) is 0 Å². The minimum absolute atomic E-state index is 0. The number of rotatable bonds is 0. The second-order valence-electron chi connectivity index (χ2n) is 0.105. The molecule has 0 aliphatic heterocycles. The molecule has 0 aliphatic rings. The maximum absolute atomic E-state index is 8.36. The quantitative estimate of drug-likeness (QED) is 0.378. The van der Waals surface area contributed by atoms with E-state index in [-0.39, 0.29) is 43.2 Å². The van der Waals surface area contributed by atoms with Crippen LogP contribution in [0.3, 0.4) is 0 Å². The van der Waals surface area contributed by atoms with E-state index in [1.807, 2.05) is 0 Å². The number of hydrogen-bond donors (Lipinski definition) is 2. The summed E-state index contributed by atoms with van der Waals surface area (Å²) >= 11 is 0. The molecule has 0 spiro atoms. The maximum Gasteiger partial charge on any atom is 0.290 e. The van der Waals surface area contributed by atoms with E-state index in [1.165, 1.54) is 0 Å². The summed E-state index contributed by atoms with van der Waals surface area (Å²) < 4.78 is 0. The first-order valence-corrected chi connectivity index (χ1v) is 0.494. The number of carboxylic acid groups (broad SMARTS) is 1. The third-order valence-corrected chi connectivity index (χ3v) is 0. The van der Waals surface area contributed by atoms with Crippen LogP contribution in [0.15, 0.2) is 0 Å². The van der Waals surface area contributed by atoms with E-state index in [4.69, 9.17) is 9.90 Å². The van der Waals surface area contributed by atoms with Crippen LogP contribution in [0.25, 0.3) is 0 Å². The van der Waals surface area contributed by atoms with Crippen LogP contribution >= 0.6 is 13.5 Å². The van der Waals surface area contributed by atoms with E-state index in [0.29, 0.717) is 0 Å². The molecule has 0 atom stereocenters. The first-order chi connectivity index (χ1) is 1.41. The first kappa shape index (κ1) is 33.5. The van der Waals surface area contributed by atoms with E-state index in [2.05, 4.69) is 0 Å². The topological polar surface area (TPSA) is 72.3 Å². The molecule has 0 aliphatic carbocycles. The molecule has 6 heavy (non-hydrogen) atoms. The molecule has 0 rings (SSSR count). The molecular weight excluding hydrogens is 145 g/mol. The van der Waals surface area contributed by atoms with Crippen molar-refractivity contribution in [2.75, 3.05) is 0 Å². The molecule has 1 radical (unpaired) electrons. The average molecular weight is 152 g/mol. The van der Waals surface area contributed by atoms with Crippen molar-refractivity contribution in [1.29, 1.82) is 0 Å². The van der Waals surface area contributed by atoms with Crippen molar-refractivity contribution >= 4 is 20.0 Å². The fourth-order valence-corrected chi connectivity index (χ4v) is 0. The smallest absolute Gasteiger partial charge is 0.290 e.